The average Bonchev–Trinajstić information content (AvgIpc) is 3.33. The minimum atomic E-state index is -3.59. The molecule has 0 atom stereocenters. The third kappa shape index (κ3) is 3.36. The summed E-state index contributed by atoms with van der Waals surface area (Å²) in [6, 6.07) is 12.2. The number of hydrogen-bond acceptors (Lipinski definition) is 3. The first-order chi connectivity index (χ1) is 13.4. The van der Waals surface area contributed by atoms with E-state index in [1.54, 1.807) is 6.07 Å². The van der Waals surface area contributed by atoms with Crippen LogP contribution in [0.2, 0.25) is 0 Å². The number of sulfonamides is 1. The molecule has 1 N–H and O–H groups in total. The number of amides is 1. The Labute approximate surface area is 172 Å². The van der Waals surface area contributed by atoms with Crippen molar-refractivity contribution in [2.75, 3.05) is 18.4 Å². The predicted molar refractivity (Wildman–Crippen MR) is 113 cm³/mol. The lowest BCUT2D eigenvalue weighted by Crippen LogP contribution is -2.28. The second kappa shape index (κ2) is 7.35. The second-order valence-corrected chi connectivity index (χ2v) is 9.66. The summed E-state index contributed by atoms with van der Waals surface area (Å²) >= 11 is 3.38. The van der Waals surface area contributed by atoms with Gasteiger partial charge in [0.1, 0.15) is 0 Å². The van der Waals surface area contributed by atoms with Crippen LogP contribution in [0.1, 0.15) is 23.2 Å². The van der Waals surface area contributed by atoms with Crippen LogP contribution < -0.4 is 5.32 Å². The van der Waals surface area contributed by atoms with Crippen LogP contribution in [0.3, 0.4) is 0 Å². The van der Waals surface area contributed by atoms with Gasteiger partial charge in [-0.05, 0) is 65.2 Å². The maximum Gasteiger partial charge on any atom is 0.256 e. The SMILES string of the molecule is Cn1ccc2c(NC(=O)c3cc(S(=O)(=O)N4CCCC4)ccc3Br)cccc21. The van der Waals surface area contributed by atoms with Crippen molar-refractivity contribution in [3.63, 3.8) is 0 Å². The monoisotopic (exact) mass is 461 g/mol. The van der Waals surface area contributed by atoms with E-state index in [1.807, 2.05) is 42.1 Å². The molecule has 0 bridgehead atoms. The molecule has 1 aliphatic heterocycles. The second-order valence-electron chi connectivity index (χ2n) is 6.87. The van der Waals surface area contributed by atoms with Crippen LogP contribution in [0.15, 0.2) is 58.0 Å². The third-order valence-electron chi connectivity index (χ3n) is 5.06. The van der Waals surface area contributed by atoms with Gasteiger partial charge in [-0.1, -0.05) is 6.07 Å². The Kier molecular flexibility index (Phi) is 5.03. The molecule has 1 aliphatic rings. The molecule has 1 saturated heterocycles. The normalized spacial score (nSPS) is 15.2. The Balaban J connectivity index is 1.67. The largest absolute Gasteiger partial charge is 0.350 e. The highest BCUT2D eigenvalue weighted by atomic mass is 79.9. The fourth-order valence-electron chi connectivity index (χ4n) is 3.52. The molecule has 146 valence electrons. The van der Waals surface area contributed by atoms with Crippen LogP contribution in [0.25, 0.3) is 10.9 Å². The molecule has 28 heavy (non-hydrogen) atoms. The average molecular weight is 462 g/mol. The Morgan fingerprint density at radius 2 is 1.86 bits per heavy atom. The molecule has 0 aliphatic carbocycles. The van der Waals surface area contributed by atoms with E-state index in [9.17, 15) is 13.2 Å². The minimum Gasteiger partial charge on any atom is -0.350 e. The quantitative estimate of drug-likeness (QED) is 0.638. The number of carbonyl (C=O) groups excluding carboxylic acids is 1. The molecule has 2 heterocycles. The van der Waals surface area contributed by atoms with Crippen molar-refractivity contribution in [1.82, 2.24) is 8.87 Å². The zero-order valence-corrected chi connectivity index (χ0v) is 17.8. The first-order valence-electron chi connectivity index (χ1n) is 9.03. The lowest BCUT2D eigenvalue weighted by Gasteiger charge is -2.16. The van der Waals surface area contributed by atoms with Crippen LogP contribution >= 0.6 is 15.9 Å². The van der Waals surface area contributed by atoms with Gasteiger partial charge in [-0.3, -0.25) is 4.79 Å². The highest BCUT2D eigenvalue weighted by Crippen LogP contribution is 2.28. The number of nitrogens with one attached hydrogen (secondary N) is 1. The van der Waals surface area contributed by atoms with E-state index >= 15 is 0 Å². The summed E-state index contributed by atoms with van der Waals surface area (Å²) in [4.78, 5) is 13.1. The molecule has 0 unspecified atom stereocenters. The van der Waals surface area contributed by atoms with E-state index in [0.717, 1.165) is 23.7 Å². The number of fused-ring (bicyclic) bond motifs is 1. The summed E-state index contributed by atoms with van der Waals surface area (Å²) in [5.41, 5.74) is 1.97. The van der Waals surface area contributed by atoms with Crippen molar-refractivity contribution < 1.29 is 13.2 Å². The summed E-state index contributed by atoms with van der Waals surface area (Å²) in [6.45, 7) is 1.05. The summed E-state index contributed by atoms with van der Waals surface area (Å²) in [7, 11) is -1.64. The van der Waals surface area contributed by atoms with E-state index in [-0.39, 0.29) is 16.4 Å². The lowest BCUT2D eigenvalue weighted by molar-refractivity contribution is 0.102. The number of halogens is 1. The molecule has 0 radical (unpaired) electrons. The Morgan fingerprint density at radius 3 is 2.61 bits per heavy atom. The molecule has 2 aromatic carbocycles. The number of carbonyl (C=O) groups is 1. The number of anilines is 1. The Hall–Kier alpha value is -2.16. The standard InChI is InChI=1S/C20H20BrN3O3S/c1-23-12-9-15-18(5-4-6-19(15)23)22-20(25)16-13-14(7-8-17(16)21)28(26,27)24-10-2-3-11-24/h4-9,12-13H,2-3,10-11H2,1H3,(H,22,25). The van der Waals surface area contributed by atoms with Crippen LogP contribution in [-0.2, 0) is 17.1 Å². The fourth-order valence-corrected chi connectivity index (χ4v) is 5.49. The summed E-state index contributed by atoms with van der Waals surface area (Å²) in [6.07, 6.45) is 3.66. The molecule has 1 aromatic heterocycles. The minimum absolute atomic E-state index is 0.140. The van der Waals surface area contributed by atoms with E-state index in [0.29, 0.717) is 23.2 Å². The van der Waals surface area contributed by atoms with Gasteiger partial charge in [0, 0.05) is 41.7 Å². The van der Waals surface area contributed by atoms with Gasteiger partial charge in [-0.2, -0.15) is 4.31 Å². The predicted octanol–water partition coefficient (Wildman–Crippen LogP) is 3.98. The van der Waals surface area contributed by atoms with Crippen LogP contribution in [-0.4, -0.2) is 36.3 Å². The van der Waals surface area contributed by atoms with Gasteiger partial charge in [0.05, 0.1) is 16.1 Å². The maximum atomic E-state index is 12.9. The van der Waals surface area contributed by atoms with Gasteiger partial charge in [-0.15, -0.1) is 0 Å². The molecule has 1 fully saturated rings. The van der Waals surface area contributed by atoms with Crippen LogP contribution in [0.5, 0.6) is 0 Å². The molecule has 0 saturated carbocycles. The van der Waals surface area contributed by atoms with Gasteiger partial charge < -0.3 is 9.88 Å². The highest BCUT2D eigenvalue weighted by Gasteiger charge is 2.28. The summed E-state index contributed by atoms with van der Waals surface area (Å²) in [5, 5.41) is 3.84. The van der Waals surface area contributed by atoms with Gasteiger partial charge in [0.2, 0.25) is 10.0 Å². The van der Waals surface area contributed by atoms with E-state index < -0.39 is 10.0 Å². The first kappa shape index (κ1) is 19.2. The highest BCUT2D eigenvalue weighted by molar-refractivity contribution is 9.10. The fraction of sp³-hybridized carbons (Fsp3) is 0.250. The van der Waals surface area contributed by atoms with Crippen molar-refractivity contribution >= 4 is 48.5 Å². The molecule has 8 heteroatoms. The maximum absolute atomic E-state index is 12.9. The Bertz CT molecular complexity index is 1160. The number of hydrogen-bond donors (Lipinski definition) is 1. The number of aryl methyl sites for hydroxylation is 1. The molecule has 4 rings (SSSR count). The molecular formula is C20H20BrN3O3S. The van der Waals surface area contributed by atoms with Crippen molar-refractivity contribution in [2.24, 2.45) is 7.05 Å². The van der Waals surface area contributed by atoms with Gasteiger partial charge in [0.15, 0.2) is 0 Å². The number of benzene rings is 2. The van der Waals surface area contributed by atoms with Crippen LogP contribution in [0.4, 0.5) is 5.69 Å². The van der Waals surface area contributed by atoms with E-state index in [2.05, 4.69) is 21.2 Å². The third-order valence-corrected chi connectivity index (χ3v) is 7.65. The van der Waals surface area contributed by atoms with E-state index in [1.165, 1.54) is 16.4 Å². The Morgan fingerprint density at radius 1 is 1.11 bits per heavy atom. The van der Waals surface area contributed by atoms with Gasteiger partial charge in [0.25, 0.3) is 5.91 Å². The molecule has 6 nitrogen and oxygen atoms in total. The number of nitrogens with zero attached hydrogens (tertiary/aromatic N) is 2. The van der Waals surface area contributed by atoms with Gasteiger partial charge >= 0.3 is 0 Å². The zero-order chi connectivity index (χ0) is 19.9. The van der Waals surface area contributed by atoms with Crippen molar-refractivity contribution in [3.8, 4) is 0 Å². The molecule has 0 spiro atoms. The van der Waals surface area contributed by atoms with Crippen molar-refractivity contribution in [2.45, 2.75) is 17.7 Å². The molecule has 3 aromatic rings. The number of rotatable bonds is 4. The summed E-state index contributed by atoms with van der Waals surface area (Å²) in [5.74, 6) is -0.360. The van der Waals surface area contributed by atoms with E-state index in [4.69, 9.17) is 0 Å². The van der Waals surface area contributed by atoms with Gasteiger partial charge in [-0.25, -0.2) is 8.42 Å². The van der Waals surface area contributed by atoms with Crippen LogP contribution in [0, 0.1) is 0 Å². The topological polar surface area (TPSA) is 71.4 Å². The molecular weight excluding hydrogens is 442 g/mol. The summed E-state index contributed by atoms with van der Waals surface area (Å²) < 4.78 is 29.7. The lowest BCUT2D eigenvalue weighted by atomic mass is 10.2. The van der Waals surface area contributed by atoms with Crippen molar-refractivity contribution in [3.05, 3.63) is 58.7 Å². The smallest absolute Gasteiger partial charge is 0.256 e. The molecule has 1 amide bonds. The zero-order valence-electron chi connectivity index (χ0n) is 15.4. The number of aromatic nitrogens is 1. The van der Waals surface area contributed by atoms with Crippen molar-refractivity contribution in [1.29, 1.82) is 0 Å². The first-order valence-corrected chi connectivity index (χ1v) is 11.3.